The molecule has 2 atom stereocenters. The Kier molecular flexibility index (Phi) is 7.84. The summed E-state index contributed by atoms with van der Waals surface area (Å²) >= 11 is 1.59. The minimum absolute atomic E-state index is 0.115. The first-order valence-electron chi connectivity index (χ1n) is 7.40. The number of rotatable bonds is 10. The van der Waals surface area contributed by atoms with Gasteiger partial charge in [-0.2, -0.15) is 0 Å². The van der Waals surface area contributed by atoms with Gasteiger partial charge in [0, 0.05) is 11.4 Å². The molecule has 2 N–H and O–H groups in total. The number of nitrogens with one attached hydrogen (secondary N) is 1. The van der Waals surface area contributed by atoms with Gasteiger partial charge in [-0.25, -0.2) is 0 Å². The molecule has 1 heterocycles. The van der Waals surface area contributed by atoms with Crippen LogP contribution in [0.15, 0.2) is 30.2 Å². The van der Waals surface area contributed by atoms with Gasteiger partial charge in [-0.1, -0.05) is 25.5 Å². The zero-order chi connectivity index (χ0) is 16.5. The summed E-state index contributed by atoms with van der Waals surface area (Å²) < 4.78 is 0. The van der Waals surface area contributed by atoms with Gasteiger partial charge in [-0.15, -0.1) is 17.9 Å². The molecule has 0 spiro atoms. The number of carbonyl (C=O) groups excluding carboxylic acids is 1. The van der Waals surface area contributed by atoms with E-state index in [9.17, 15) is 14.7 Å². The van der Waals surface area contributed by atoms with Crippen molar-refractivity contribution < 1.29 is 14.7 Å². The van der Waals surface area contributed by atoms with E-state index in [1.807, 2.05) is 24.4 Å². The molecular weight excluding hydrogens is 300 g/mol. The van der Waals surface area contributed by atoms with Crippen LogP contribution in [-0.2, 0) is 16.1 Å². The van der Waals surface area contributed by atoms with Gasteiger partial charge in [0.2, 0.25) is 5.91 Å². The van der Waals surface area contributed by atoms with Crippen molar-refractivity contribution in [3.8, 4) is 0 Å². The summed E-state index contributed by atoms with van der Waals surface area (Å²) in [5.41, 5.74) is 0. The first kappa shape index (κ1) is 18.4. The molecule has 0 aromatic carbocycles. The van der Waals surface area contributed by atoms with Crippen LogP contribution >= 0.6 is 11.3 Å². The van der Waals surface area contributed by atoms with Crippen LogP contribution in [0.25, 0.3) is 0 Å². The quantitative estimate of drug-likeness (QED) is 0.649. The lowest BCUT2D eigenvalue weighted by Gasteiger charge is -2.26. The van der Waals surface area contributed by atoms with E-state index in [0.29, 0.717) is 19.5 Å². The molecule has 0 aliphatic rings. The second kappa shape index (κ2) is 9.38. The Morgan fingerprint density at radius 1 is 1.55 bits per heavy atom. The van der Waals surface area contributed by atoms with E-state index in [1.54, 1.807) is 29.2 Å². The van der Waals surface area contributed by atoms with Crippen molar-refractivity contribution in [2.24, 2.45) is 0 Å². The Balaban J connectivity index is 2.70. The minimum atomic E-state index is -0.921. The number of carbonyl (C=O) groups is 2. The molecule has 1 amide bonds. The Morgan fingerprint density at radius 3 is 2.77 bits per heavy atom. The zero-order valence-corrected chi connectivity index (χ0v) is 13.9. The van der Waals surface area contributed by atoms with Gasteiger partial charge in [0.15, 0.2) is 0 Å². The predicted molar refractivity (Wildman–Crippen MR) is 88.9 cm³/mol. The highest BCUT2D eigenvalue weighted by Crippen LogP contribution is 2.13. The van der Waals surface area contributed by atoms with E-state index >= 15 is 0 Å². The van der Waals surface area contributed by atoms with Crippen molar-refractivity contribution in [3.63, 3.8) is 0 Å². The van der Waals surface area contributed by atoms with Crippen LogP contribution in [0, 0.1) is 0 Å². The molecule has 1 rings (SSSR count). The fourth-order valence-electron chi connectivity index (χ4n) is 2.19. The van der Waals surface area contributed by atoms with Gasteiger partial charge < -0.3 is 10.0 Å². The van der Waals surface area contributed by atoms with Crippen molar-refractivity contribution >= 4 is 23.2 Å². The van der Waals surface area contributed by atoms with E-state index in [0.717, 1.165) is 11.3 Å². The minimum Gasteiger partial charge on any atom is -0.480 e. The number of thiophene rings is 1. The molecule has 2 unspecified atom stereocenters. The van der Waals surface area contributed by atoms with Crippen molar-refractivity contribution in [1.29, 1.82) is 0 Å². The van der Waals surface area contributed by atoms with E-state index < -0.39 is 18.1 Å². The molecule has 1 aromatic rings. The molecule has 5 nitrogen and oxygen atoms in total. The summed E-state index contributed by atoms with van der Waals surface area (Å²) in [6.07, 6.45) is 2.93. The maximum atomic E-state index is 12.5. The molecule has 22 heavy (non-hydrogen) atoms. The maximum Gasteiger partial charge on any atom is 0.320 e. The second-order valence-corrected chi connectivity index (χ2v) is 6.19. The SMILES string of the molecule is C=CCN(Cc1cccs1)C(=O)C(C)NC(CCC)C(=O)O. The lowest BCUT2D eigenvalue weighted by Crippen LogP contribution is -2.50. The fraction of sp³-hybridized carbons (Fsp3) is 0.500. The molecule has 0 aliphatic heterocycles. The average Bonchev–Trinajstić information content (AvgIpc) is 2.98. The Labute approximate surface area is 135 Å². The third-order valence-electron chi connectivity index (χ3n) is 3.29. The molecule has 0 saturated carbocycles. The zero-order valence-electron chi connectivity index (χ0n) is 13.1. The number of carboxylic acid groups (broad SMARTS) is 1. The second-order valence-electron chi connectivity index (χ2n) is 5.15. The predicted octanol–water partition coefficient (Wildman–Crippen LogP) is 2.49. The first-order valence-corrected chi connectivity index (χ1v) is 8.28. The van der Waals surface area contributed by atoms with Crippen molar-refractivity contribution in [2.45, 2.75) is 45.3 Å². The summed E-state index contributed by atoms with van der Waals surface area (Å²) in [4.78, 5) is 26.5. The Morgan fingerprint density at radius 2 is 2.27 bits per heavy atom. The smallest absolute Gasteiger partial charge is 0.320 e. The third-order valence-corrected chi connectivity index (χ3v) is 4.15. The Hall–Kier alpha value is -1.66. The molecule has 0 fully saturated rings. The van der Waals surface area contributed by atoms with Crippen LogP contribution < -0.4 is 5.32 Å². The highest BCUT2D eigenvalue weighted by Gasteiger charge is 2.25. The third kappa shape index (κ3) is 5.61. The molecule has 0 bridgehead atoms. The van der Waals surface area contributed by atoms with Crippen LogP contribution in [0.3, 0.4) is 0 Å². The van der Waals surface area contributed by atoms with E-state index in [4.69, 9.17) is 0 Å². The normalized spacial score (nSPS) is 13.4. The van der Waals surface area contributed by atoms with Gasteiger partial charge in [-0.05, 0) is 24.8 Å². The van der Waals surface area contributed by atoms with Crippen LogP contribution in [0.5, 0.6) is 0 Å². The van der Waals surface area contributed by atoms with E-state index in [-0.39, 0.29) is 5.91 Å². The number of aliphatic carboxylic acids is 1. The first-order chi connectivity index (χ1) is 10.5. The summed E-state index contributed by atoms with van der Waals surface area (Å²) in [6.45, 7) is 8.27. The topological polar surface area (TPSA) is 69.6 Å². The lowest BCUT2D eigenvalue weighted by atomic mass is 10.1. The summed E-state index contributed by atoms with van der Waals surface area (Å²) in [5, 5.41) is 14.1. The fourth-order valence-corrected chi connectivity index (χ4v) is 2.91. The molecule has 6 heteroatoms. The van der Waals surface area contributed by atoms with E-state index in [1.165, 1.54) is 0 Å². The average molecular weight is 324 g/mol. The highest BCUT2D eigenvalue weighted by atomic mass is 32.1. The van der Waals surface area contributed by atoms with E-state index in [2.05, 4.69) is 11.9 Å². The molecule has 0 saturated heterocycles. The van der Waals surface area contributed by atoms with Crippen molar-refractivity contribution in [3.05, 3.63) is 35.0 Å². The van der Waals surface area contributed by atoms with Crippen LogP contribution in [0.4, 0.5) is 0 Å². The number of nitrogens with zero attached hydrogens (tertiary/aromatic N) is 1. The van der Waals surface area contributed by atoms with Gasteiger partial charge in [0.05, 0.1) is 12.6 Å². The summed E-state index contributed by atoms with van der Waals surface area (Å²) in [5.74, 6) is -1.04. The number of carboxylic acids is 1. The van der Waals surface area contributed by atoms with Crippen molar-refractivity contribution in [1.82, 2.24) is 10.2 Å². The summed E-state index contributed by atoms with van der Waals surface area (Å²) in [6, 6.07) is 2.67. The number of hydrogen-bond donors (Lipinski definition) is 2. The van der Waals surface area contributed by atoms with Gasteiger partial charge in [-0.3, -0.25) is 14.9 Å². The van der Waals surface area contributed by atoms with Crippen LogP contribution in [-0.4, -0.2) is 40.5 Å². The van der Waals surface area contributed by atoms with Crippen LogP contribution in [0.2, 0.25) is 0 Å². The molecule has 122 valence electrons. The van der Waals surface area contributed by atoms with Crippen LogP contribution in [0.1, 0.15) is 31.6 Å². The highest BCUT2D eigenvalue weighted by molar-refractivity contribution is 7.09. The molecular formula is C16H24N2O3S. The largest absolute Gasteiger partial charge is 0.480 e. The number of hydrogen-bond acceptors (Lipinski definition) is 4. The number of amides is 1. The maximum absolute atomic E-state index is 12.5. The molecule has 1 aromatic heterocycles. The Bertz CT molecular complexity index is 488. The van der Waals surface area contributed by atoms with Gasteiger partial charge in [0.1, 0.15) is 6.04 Å². The lowest BCUT2D eigenvalue weighted by molar-refractivity contribution is -0.140. The standard InChI is InChI=1S/C16H24N2O3S/c1-4-7-14(16(20)21)17-12(3)15(19)18(9-5-2)11-13-8-6-10-22-13/h5-6,8,10,12,14,17H,2,4,7,9,11H2,1,3H3,(H,20,21). The van der Waals surface area contributed by atoms with Crippen molar-refractivity contribution in [2.75, 3.05) is 6.54 Å². The molecule has 0 aliphatic carbocycles. The summed E-state index contributed by atoms with van der Waals surface area (Å²) in [7, 11) is 0. The molecule has 0 radical (unpaired) electrons. The van der Waals surface area contributed by atoms with Gasteiger partial charge in [0.25, 0.3) is 0 Å². The monoisotopic (exact) mass is 324 g/mol. The van der Waals surface area contributed by atoms with Gasteiger partial charge >= 0.3 is 5.97 Å².